The average Bonchev–Trinajstić information content (AvgIpc) is 2.39. The van der Waals surface area contributed by atoms with Gasteiger partial charge in [-0.25, -0.2) is 0 Å². The summed E-state index contributed by atoms with van der Waals surface area (Å²) in [5.74, 6) is 0.998. The third-order valence-corrected chi connectivity index (χ3v) is 5.41. The third kappa shape index (κ3) is 2.30. The zero-order chi connectivity index (χ0) is 12.3. The SMILES string of the molecule is CC.CCC(C)(CC)C1CC2CC(C1)N2C. The Morgan fingerprint density at radius 3 is 1.75 bits per heavy atom. The second-order valence-electron chi connectivity index (χ2n) is 5.74. The second-order valence-corrected chi connectivity index (χ2v) is 5.74. The largest absolute Gasteiger partial charge is 0.300 e. The Hall–Kier alpha value is -0.0400. The normalized spacial score (nSPS) is 33.8. The third-order valence-electron chi connectivity index (χ3n) is 5.41. The summed E-state index contributed by atoms with van der Waals surface area (Å²) in [6, 6.07) is 1.85. The highest BCUT2D eigenvalue weighted by atomic mass is 15.2. The van der Waals surface area contributed by atoms with E-state index < -0.39 is 0 Å². The molecular weight excluding hydrogens is 194 g/mol. The van der Waals surface area contributed by atoms with Gasteiger partial charge in [-0.1, -0.05) is 47.5 Å². The molecule has 1 heteroatoms. The molecule has 0 N–H and O–H groups in total. The lowest BCUT2D eigenvalue weighted by atomic mass is 9.61. The van der Waals surface area contributed by atoms with Gasteiger partial charge >= 0.3 is 0 Å². The van der Waals surface area contributed by atoms with Crippen LogP contribution in [0.25, 0.3) is 0 Å². The van der Waals surface area contributed by atoms with Crippen LogP contribution < -0.4 is 0 Å². The molecule has 0 aromatic heterocycles. The van der Waals surface area contributed by atoms with Gasteiger partial charge in [0.25, 0.3) is 0 Å². The Morgan fingerprint density at radius 2 is 1.44 bits per heavy atom. The summed E-state index contributed by atoms with van der Waals surface area (Å²) in [7, 11) is 2.31. The van der Waals surface area contributed by atoms with Crippen molar-refractivity contribution in [2.24, 2.45) is 11.3 Å². The number of fused-ring (bicyclic) bond motifs is 2. The number of hydrogen-bond donors (Lipinski definition) is 0. The molecule has 2 bridgehead atoms. The number of piperidine rings is 1. The van der Waals surface area contributed by atoms with E-state index in [0.29, 0.717) is 5.41 Å². The molecule has 1 nitrogen and oxygen atoms in total. The van der Waals surface area contributed by atoms with Crippen molar-refractivity contribution in [1.29, 1.82) is 0 Å². The Bertz CT molecular complexity index is 195. The van der Waals surface area contributed by atoms with Crippen molar-refractivity contribution in [3.05, 3.63) is 0 Å². The Kier molecular flexibility index (Phi) is 4.85. The van der Waals surface area contributed by atoms with Crippen molar-refractivity contribution in [3.63, 3.8) is 0 Å². The van der Waals surface area contributed by atoms with Gasteiger partial charge in [-0.05, 0) is 37.6 Å². The van der Waals surface area contributed by atoms with Crippen LogP contribution >= 0.6 is 0 Å². The summed E-state index contributed by atoms with van der Waals surface area (Å²) in [4.78, 5) is 2.60. The molecule has 2 aliphatic heterocycles. The summed E-state index contributed by atoms with van der Waals surface area (Å²) >= 11 is 0. The van der Waals surface area contributed by atoms with E-state index in [-0.39, 0.29) is 0 Å². The topological polar surface area (TPSA) is 3.24 Å². The molecule has 3 rings (SSSR count). The molecule has 2 heterocycles. The zero-order valence-corrected chi connectivity index (χ0v) is 12.2. The second kappa shape index (κ2) is 5.53. The van der Waals surface area contributed by atoms with Crippen LogP contribution in [-0.4, -0.2) is 24.0 Å². The standard InChI is InChI=1S/C13H25N.C2H6/c1-5-13(3,6-2)10-7-11-9-12(8-10)14(11)4;1-2/h10-12H,5-9H2,1-4H3;1-2H3. The van der Waals surface area contributed by atoms with Crippen LogP contribution in [-0.2, 0) is 0 Å². The van der Waals surface area contributed by atoms with Gasteiger partial charge in [0.15, 0.2) is 0 Å². The minimum atomic E-state index is 0.623. The first kappa shape index (κ1) is 14.0. The van der Waals surface area contributed by atoms with E-state index in [9.17, 15) is 0 Å². The fourth-order valence-electron chi connectivity index (χ4n) is 3.48. The van der Waals surface area contributed by atoms with Crippen molar-refractivity contribution in [1.82, 2.24) is 4.90 Å². The van der Waals surface area contributed by atoms with Gasteiger partial charge in [0, 0.05) is 12.1 Å². The van der Waals surface area contributed by atoms with Crippen LogP contribution in [0.5, 0.6) is 0 Å². The van der Waals surface area contributed by atoms with Crippen molar-refractivity contribution in [3.8, 4) is 0 Å². The minimum absolute atomic E-state index is 0.623. The molecule has 2 unspecified atom stereocenters. The summed E-state index contributed by atoms with van der Waals surface area (Å²) in [5.41, 5.74) is 0.623. The number of nitrogens with zero attached hydrogens (tertiary/aromatic N) is 1. The van der Waals surface area contributed by atoms with E-state index in [1.165, 1.54) is 32.1 Å². The number of rotatable bonds is 3. The first-order valence-corrected chi connectivity index (χ1v) is 7.32. The molecule has 1 saturated carbocycles. The molecule has 2 saturated heterocycles. The van der Waals surface area contributed by atoms with Gasteiger partial charge in [0.05, 0.1) is 0 Å². The lowest BCUT2D eigenvalue weighted by Gasteiger charge is -2.57. The van der Waals surface area contributed by atoms with Crippen molar-refractivity contribution >= 4 is 0 Å². The van der Waals surface area contributed by atoms with Crippen molar-refractivity contribution < 1.29 is 0 Å². The van der Waals surface area contributed by atoms with Gasteiger partial charge in [0.1, 0.15) is 0 Å². The Morgan fingerprint density at radius 1 is 1.00 bits per heavy atom. The first-order valence-electron chi connectivity index (χ1n) is 7.32. The smallest absolute Gasteiger partial charge is 0.0113 e. The summed E-state index contributed by atoms with van der Waals surface area (Å²) in [5, 5.41) is 0. The molecular formula is C15H31N. The van der Waals surface area contributed by atoms with Gasteiger partial charge in [-0.15, -0.1) is 0 Å². The van der Waals surface area contributed by atoms with E-state index in [1.807, 2.05) is 13.8 Å². The fourth-order valence-corrected chi connectivity index (χ4v) is 3.48. The van der Waals surface area contributed by atoms with Gasteiger partial charge in [0.2, 0.25) is 0 Å². The quantitative estimate of drug-likeness (QED) is 0.691. The maximum Gasteiger partial charge on any atom is 0.0113 e. The average molecular weight is 225 g/mol. The lowest BCUT2D eigenvalue weighted by molar-refractivity contribution is -0.0658. The van der Waals surface area contributed by atoms with Crippen LogP contribution in [0.2, 0.25) is 0 Å². The molecule has 0 radical (unpaired) electrons. The molecule has 0 spiro atoms. The predicted molar refractivity (Wildman–Crippen MR) is 72.7 cm³/mol. The summed E-state index contributed by atoms with van der Waals surface area (Å²) in [6.45, 7) is 11.2. The zero-order valence-electron chi connectivity index (χ0n) is 12.2. The molecule has 3 aliphatic rings. The summed E-state index contributed by atoms with van der Waals surface area (Å²) < 4.78 is 0. The highest BCUT2D eigenvalue weighted by Crippen LogP contribution is 2.49. The van der Waals surface area contributed by atoms with E-state index in [4.69, 9.17) is 0 Å². The molecule has 0 aromatic carbocycles. The summed E-state index contributed by atoms with van der Waals surface area (Å²) in [6.07, 6.45) is 7.13. The molecule has 0 aromatic rings. The highest BCUT2D eigenvalue weighted by molar-refractivity contribution is 5.01. The van der Waals surface area contributed by atoms with Crippen LogP contribution in [0.15, 0.2) is 0 Å². The van der Waals surface area contributed by atoms with E-state index >= 15 is 0 Å². The maximum atomic E-state index is 2.60. The van der Waals surface area contributed by atoms with Crippen LogP contribution in [0.4, 0.5) is 0 Å². The maximum absolute atomic E-state index is 2.60. The predicted octanol–water partition coefficient (Wildman–Crippen LogP) is 4.32. The van der Waals surface area contributed by atoms with Crippen molar-refractivity contribution in [2.45, 2.75) is 78.8 Å². The van der Waals surface area contributed by atoms with E-state index in [0.717, 1.165) is 18.0 Å². The molecule has 16 heavy (non-hydrogen) atoms. The van der Waals surface area contributed by atoms with Gasteiger partial charge < -0.3 is 4.90 Å². The number of hydrogen-bond acceptors (Lipinski definition) is 1. The molecule has 0 amide bonds. The van der Waals surface area contributed by atoms with Crippen LogP contribution in [0.1, 0.15) is 66.7 Å². The molecule has 1 aliphatic carbocycles. The molecule has 3 fully saturated rings. The van der Waals surface area contributed by atoms with Gasteiger partial charge in [-0.3, -0.25) is 0 Å². The Balaban J connectivity index is 0.000000606. The van der Waals surface area contributed by atoms with E-state index in [2.05, 4.69) is 32.7 Å². The first-order chi connectivity index (χ1) is 7.60. The monoisotopic (exact) mass is 225 g/mol. The Labute approximate surface area is 103 Å². The lowest BCUT2D eigenvalue weighted by Crippen LogP contribution is -2.60. The molecule has 2 atom stereocenters. The van der Waals surface area contributed by atoms with Crippen LogP contribution in [0.3, 0.4) is 0 Å². The highest BCUT2D eigenvalue weighted by Gasteiger charge is 2.47. The minimum Gasteiger partial charge on any atom is -0.300 e. The molecule has 96 valence electrons. The van der Waals surface area contributed by atoms with E-state index in [1.54, 1.807) is 0 Å². The van der Waals surface area contributed by atoms with Crippen molar-refractivity contribution in [2.75, 3.05) is 7.05 Å². The van der Waals surface area contributed by atoms with Gasteiger partial charge in [-0.2, -0.15) is 0 Å². The fraction of sp³-hybridized carbons (Fsp3) is 1.00. The van der Waals surface area contributed by atoms with Crippen LogP contribution in [0, 0.1) is 11.3 Å².